The van der Waals surface area contributed by atoms with Crippen molar-refractivity contribution in [2.75, 3.05) is 30.4 Å². The van der Waals surface area contributed by atoms with Crippen molar-refractivity contribution in [1.29, 1.82) is 0 Å². The van der Waals surface area contributed by atoms with Crippen LogP contribution in [0.3, 0.4) is 0 Å². The average molecular weight is 439 g/mol. The molecule has 0 spiro atoms. The van der Waals surface area contributed by atoms with Crippen molar-refractivity contribution in [3.05, 3.63) is 83.9 Å². The summed E-state index contributed by atoms with van der Waals surface area (Å²) < 4.78 is 32.1. The molecular formula is C24H26N2O4S. The summed E-state index contributed by atoms with van der Waals surface area (Å²) in [6.45, 7) is 1.91. The molecule has 0 aliphatic carbocycles. The van der Waals surface area contributed by atoms with E-state index in [2.05, 4.69) is 0 Å². The number of rotatable bonds is 7. The fourth-order valence-electron chi connectivity index (χ4n) is 3.07. The van der Waals surface area contributed by atoms with Crippen LogP contribution in [-0.4, -0.2) is 35.5 Å². The maximum atomic E-state index is 12.9. The lowest BCUT2D eigenvalue weighted by Crippen LogP contribution is -2.28. The van der Waals surface area contributed by atoms with Crippen LogP contribution >= 0.6 is 0 Å². The molecule has 0 heterocycles. The van der Waals surface area contributed by atoms with Gasteiger partial charge in [0, 0.05) is 19.8 Å². The van der Waals surface area contributed by atoms with E-state index >= 15 is 0 Å². The highest BCUT2D eigenvalue weighted by atomic mass is 32.2. The van der Waals surface area contributed by atoms with Gasteiger partial charge in [-0.2, -0.15) is 0 Å². The molecule has 0 saturated heterocycles. The fourth-order valence-corrected chi connectivity index (χ4v) is 4.27. The molecule has 162 valence electrons. The molecule has 3 aromatic carbocycles. The van der Waals surface area contributed by atoms with E-state index < -0.39 is 10.0 Å². The zero-order chi connectivity index (χ0) is 22.6. The van der Waals surface area contributed by atoms with Gasteiger partial charge in [-0.15, -0.1) is 0 Å². The van der Waals surface area contributed by atoms with Gasteiger partial charge in [-0.3, -0.25) is 9.10 Å². The number of likely N-dealkylation sites (N-methyl/N-ethyl adjacent to an activating group) is 1. The summed E-state index contributed by atoms with van der Waals surface area (Å²) in [5, 5.41) is 0. The van der Waals surface area contributed by atoms with Crippen LogP contribution < -0.4 is 13.9 Å². The summed E-state index contributed by atoms with van der Waals surface area (Å²) in [5.74, 6) is 0.656. The molecule has 0 N–H and O–H groups in total. The number of ether oxygens (including phenoxy) is 1. The standard InChI is InChI=1S/C24H26N2O4S/c1-18-5-15-23(16-6-18)31(28,29)26(3)21-9-7-19(8-10-21)17-24(27)25(2)20-11-13-22(30-4)14-12-20/h5-16H,17H2,1-4H3. The minimum absolute atomic E-state index is 0.0708. The molecule has 0 saturated carbocycles. The van der Waals surface area contributed by atoms with E-state index in [1.165, 1.54) is 11.4 Å². The van der Waals surface area contributed by atoms with Gasteiger partial charge in [0.15, 0.2) is 0 Å². The number of aryl methyl sites for hydroxylation is 1. The Morgan fingerprint density at radius 1 is 0.839 bits per heavy atom. The highest BCUT2D eigenvalue weighted by Crippen LogP contribution is 2.23. The van der Waals surface area contributed by atoms with Gasteiger partial charge < -0.3 is 9.64 Å². The van der Waals surface area contributed by atoms with Crippen molar-refractivity contribution >= 4 is 27.3 Å². The Balaban J connectivity index is 1.70. The molecule has 0 aliphatic rings. The number of hydrogen-bond acceptors (Lipinski definition) is 4. The number of benzene rings is 3. The Morgan fingerprint density at radius 3 is 1.94 bits per heavy atom. The number of sulfonamides is 1. The lowest BCUT2D eigenvalue weighted by Gasteiger charge is -2.20. The van der Waals surface area contributed by atoms with Gasteiger partial charge in [0.2, 0.25) is 5.91 Å². The van der Waals surface area contributed by atoms with Gasteiger partial charge in [-0.25, -0.2) is 8.42 Å². The quantitative estimate of drug-likeness (QED) is 0.559. The number of amides is 1. The summed E-state index contributed by atoms with van der Waals surface area (Å²) in [7, 11) is 1.19. The largest absolute Gasteiger partial charge is 0.497 e. The van der Waals surface area contributed by atoms with E-state index in [1.807, 2.05) is 19.1 Å². The van der Waals surface area contributed by atoms with Crippen LogP contribution in [0.25, 0.3) is 0 Å². The molecule has 0 bridgehead atoms. The van der Waals surface area contributed by atoms with Crippen molar-refractivity contribution in [1.82, 2.24) is 0 Å². The van der Waals surface area contributed by atoms with Crippen molar-refractivity contribution in [3.63, 3.8) is 0 Å². The molecular weight excluding hydrogens is 412 g/mol. The number of carbonyl (C=O) groups is 1. The smallest absolute Gasteiger partial charge is 0.264 e. The van der Waals surface area contributed by atoms with Gasteiger partial charge in [0.05, 0.1) is 24.1 Å². The molecule has 0 radical (unpaired) electrons. The molecule has 1 amide bonds. The Labute approximate surface area is 183 Å². The lowest BCUT2D eigenvalue weighted by atomic mass is 10.1. The first-order valence-electron chi connectivity index (χ1n) is 9.77. The monoisotopic (exact) mass is 438 g/mol. The molecule has 0 atom stereocenters. The van der Waals surface area contributed by atoms with Crippen LogP contribution in [-0.2, 0) is 21.2 Å². The van der Waals surface area contributed by atoms with Crippen molar-refractivity contribution in [2.45, 2.75) is 18.2 Å². The second kappa shape index (κ2) is 9.22. The third kappa shape index (κ3) is 5.06. The predicted octanol–water partition coefficient (Wildman–Crippen LogP) is 4.03. The molecule has 0 unspecified atom stereocenters. The third-order valence-electron chi connectivity index (χ3n) is 5.17. The SMILES string of the molecule is COc1ccc(N(C)C(=O)Cc2ccc(N(C)S(=O)(=O)c3ccc(C)cc3)cc2)cc1. The number of anilines is 2. The zero-order valence-electron chi connectivity index (χ0n) is 18.1. The normalized spacial score (nSPS) is 11.1. The Kier molecular flexibility index (Phi) is 6.65. The molecule has 0 fully saturated rings. The number of carbonyl (C=O) groups excluding carboxylic acids is 1. The van der Waals surface area contributed by atoms with Gasteiger partial charge in [0.1, 0.15) is 5.75 Å². The van der Waals surface area contributed by atoms with Crippen LogP contribution in [0.2, 0.25) is 0 Å². The first-order valence-corrected chi connectivity index (χ1v) is 11.2. The highest BCUT2D eigenvalue weighted by molar-refractivity contribution is 7.92. The molecule has 0 aromatic heterocycles. The van der Waals surface area contributed by atoms with Gasteiger partial charge in [0.25, 0.3) is 10.0 Å². The van der Waals surface area contributed by atoms with Crippen molar-refractivity contribution in [3.8, 4) is 5.75 Å². The maximum absolute atomic E-state index is 12.9. The summed E-state index contributed by atoms with van der Waals surface area (Å²) in [6.07, 6.45) is 0.206. The fraction of sp³-hybridized carbons (Fsp3) is 0.208. The number of methoxy groups -OCH3 is 1. The summed E-state index contributed by atoms with van der Waals surface area (Å²) in [4.78, 5) is 14.5. The molecule has 6 nitrogen and oxygen atoms in total. The van der Waals surface area contributed by atoms with E-state index in [-0.39, 0.29) is 17.2 Å². The third-order valence-corrected chi connectivity index (χ3v) is 6.97. The van der Waals surface area contributed by atoms with Crippen LogP contribution in [0.5, 0.6) is 5.75 Å². The number of nitrogens with zero attached hydrogens (tertiary/aromatic N) is 2. The van der Waals surface area contributed by atoms with Crippen molar-refractivity contribution in [2.24, 2.45) is 0 Å². The van der Waals surface area contributed by atoms with E-state index in [0.717, 1.165) is 22.6 Å². The molecule has 3 rings (SSSR count). The van der Waals surface area contributed by atoms with E-state index in [0.29, 0.717) is 5.69 Å². The second-order valence-electron chi connectivity index (χ2n) is 7.28. The summed E-state index contributed by atoms with van der Waals surface area (Å²) in [5.41, 5.74) is 3.09. The van der Waals surface area contributed by atoms with Gasteiger partial charge in [-0.05, 0) is 61.0 Å². The average Bonchev–Trinajstić information content (AvgIpc) is 2.79. The second-order valence-corrected chi connectivity index (χ2v) is 9.25. The van der Waals surface area contributed by atoms with Crippen LogP contribution in [0.4, 0.5) is 11.4 Å². The Bertz CT molecular complexity index is 1140. The zero-order valence-corrected chi connectivity index (χ0v) is 18.9. The van der Waals surface area contributed by atoms with E-state index in [1.54, 1.807) is 79.7 Å². The predicted molar refractivity (Wildman–Crippen MR) is 123 cm³/mol. The molecule has 0 aliphatic heterocycles. The van der Waals surface area contributed by atoms with Crippen LogP contribution in [0.15, 0.2) is 77.7 Å². The van der Waals surface area contributed by atoms with Gasteiger partial charge >= 0.3 is 0 Å². The van der Waals surface area contributed by atoms with Crippen LogP contribution in [0.1, 0.15) is 11.1 Å². The Morgan fingerprint density at radius 2 is 1.39 bits per heavy atom. The minimum Gasteiger partial charge on any atom is -0.497 e. The summed E-state index contributed by atoms with van der Waals surface area (Å²) >= 11 is 0. The first-order chi connectivity index (χ1) is 14.7. The van der Waals surface area contributed by atoms with Crippen molar-refractivity contribution < 1.29 is 17.9 Å². The molecule has 31 heavy (non-hydrogen) atoms. The number of hydrogen-bond donors (Lipinski definition) is 0. The minimum atomic E-state index is -3.65. The van der Waals surface area contributed by atoms with E-state index in [4.69, 9.17) is 4.74 Å². The molecule has 7 heteroatoms. The lowest BCUT2D eigenvalue weighted by molar-refractivity contribution is -0.117. The Hall–Kier alpha value is -3.32. The summed E-state index contributed by atoms with van der Waals surface area (Å²) in [6, 6.07) is 21.0. The highest BCUT2D eigenvalue weighted by Gasteiger charge is 2.21. The van der Waals surface area contributed by atoms with E-state index in [9.17, 15) is 13.2 Å². The maximum Gasteiger partial charge on any atom is 0.264 e. The first kappa shape index (κ1) is 22.4. The van der Waals surface area contributed by atoms with Gasteiger partial charge in [-0.1, -0.05) is 29.8 Å². The molecule has 3 aromatic rings. The van der Waals surface area contributed by atoms with Crippen LogP contribution in [0, 0.1) is 6.92 Å². The topological polar surface area (TPSA) is 66.9 Å².